The number of hydrogen-bond acceptors (Lipinski definition) is 4. The van der Waals surface area contributed by atoms with E-state index in [2.05, 4.69) is 23.1 Å². The second-order valence-electron chi connectivity index (χ2n) is 10.5. The van der Waals surface area contributed by atoms with Gasteiger partial charge in [0.25, 0.3) is 0 Å². The summed E-state index contributed by atoms with van der Waals surface area (Å²) in [6.45, 7) is 3.66. The molecule has 0 bridgehead atoms. The van der Waals surface area contributed by atoms with Crippen LogP contribution in [0.2, 0.25) is 0 Å². The van der Waals surface area contributed by atoms with Gasteiger partial charge in [0, 0.05) is 31.3 Å². The summed E-state index contributed by atoms with van der Waals surface area (Å²) in [6.07, 6.45) is 9.57. The molecule has 2 heterocycles. The van der Waals surface area contributed by atoms with E-state index < -0.39 is 6.10 Å². The number of hydrogen-bond donors (Lipinski definition) is 1. The van der Waals surface area contributed by atoms with E-state index in [4.69, 9.17) is 4.74 Å². The first-order valence-corrected chi connectivity index (χ1v) is 13.3. The van der Waals surface area contributed by atoms with Crippen molar-refractivity contribution in [1.29, 1.82) is 0 Å². The minimum absolute atomic E-state index is 0. The van der Waals surface area contributed by atoms with Gasteiger partial charge in [0.1, 0.15) is 18.5 Å². The van der Waals surface area contributed by atoms with Crippen LogP contribution in [0, 0.1) is 0 Å². The second-order valence-corrected chi connectivity index (χ2v) is 10.5. The summed E-state index contributed by atoms with van der Waals surface area (Å²) in [5, 5.41) is 10.7. The molecule has 2 aromatic rings. The van der Waals surface area contributed by atoms with Crippen LogP contribution in [-0.2, 0) is 17.6 Å². The Morgan fingerprint density at radius 1 is 1.00 bits per heavy atom. The van der Waals surface area contributed by atoms with Crippen LogP contribution in [0.5, 0.6) is 5.75 Å². The van der Waals surface area contributed by atoms with Gasteiger partial charge in [-0.2, -0.15) is 0 Å². The van der Waals surface area contributed by atoms with Crippen LogP contribution in [0.15, 0.2) is 48.0 Å². The number of benzene rings is 2. The van der Waals surface area contributed by atoms with E-state index in [0.29, 0.717) is 18.2 Å². The molecule has 3 aliphatic rings. The van der Waals surface area contributed by atoms with Crippen molar-refractivity contribution in [2.45, 2.75) is 57.0 Å². The number of aliphatic hydroxyl groups is 1. The number of carbonyl (C=O) groups excluding carboxylic acids is 1. The Kier molecular flexibility index (Phi) is 10.9. The summed E-state index contributed by atoms with van der Waals surface area (Å²) in [6, 6.07) is 15.0. The van der Waals surface area contributed by atoms with Gasteiger partial charge in [0.2, 0.25) is 5.91 Å². The van der Waals surface area contributed by atoms with Crippen LogP contribution in [0.25, 0.3) is 6.08 Å². The molecule has 5 rings (SSSR count). The first-order valence-electron chi connectivity index (χ1n) is 13.3. The van der Waals surface area contributed by atoms with Gasteiger partial charge < -0.3 is 19.6 Å². The Labute approximate surface area is 233 Å². The third kappa shape index (κ3) is 7.29. The zero-order valence-electron chi connectivity index (χ0n) is 21.7. The molecule has 1 amide bonds. The molecule has 2 fully saturated rings. The van der Waals surface area contributed by atoms with E-state index in [1.54, 1.807) is 16.0 Å². The number of likely N-dealkylation sites (N-methyl/N-ethyl adjacent to an activating group) is 1. The number of rotatable bonds is 7. The molecule has 37 heavy (non-hydrogen) atoms. The third-order valence-corrected chi connectivity index (χ3v) is 7.92. The number of amides is 1. The lowest BCUT2D eigenvalue weighted by Gasteiger charge is -2.33. The van der Waals surface area contributed by atoms with Crippen LogP contribution in [-0.4, -0.2) is 66.8 Å². The Bertz CT molecular complexity index is 1080. The number of piperidine rings is 1. The third-order valence-electron chi connectivity index (χ3n) is 7.92. The minimum Gasteiger partial charge on any atom is -0.490 e. The number of para-hydroxylation sites is 1. The number of likely N-dealkylation sites (tertiary alicyclic amines) is 2. The van der Waals surface area contributed by atoms with Crippen molar-refractivity contribution in [2.24, 2.45) is 0 Å². The second kappa shape index (κ2) is 13.7. The highest BCUT2D eigenvalue weighted by Crippen LogP contribution is 2.32. The first kappa shape index (κ1) is 29.5. The van der Waals surface area contributed by atoms with E-state index in [-0.39, 0.29) is 37.3 Å². The summed E-state index contributed by atoms with van der Waals surface area (Å²) in [4.78, 5) is 16.4. The maximum atomic E-state index is 12.3. The number of ether oxygens (including phenoxy) is 1. The fraction of sp³-hybridized carbons (Fsp3) is 0.500. The van der Waals surface area contributed by atoms with Gasteiger partial charge in [0.15, 0.2) is 0 Å². The van der Waals surface area contributed by atoms with Gasteiger partial charge in [-0.1, -0.05) is 36.4 Å². The molecule has 2 saturated heterocycles. The maximum absolute atomic E-state index is 12.3. The molecule has 0 unspecified atom stereocenters. The Morgan fingerprint density at radius 3 is 2.46 bits per heavy atom. The smallest absolute Gasteiger partial charge is 0.249 e. The van der Waals surface area contributed by atoms with E-state index in [1.165, 1.54) is 31.2 Å². The van der Waals surface area contributed by atoms with Crippen molar-refractivity contribution < 1.29 is 14.6 Å². The average Bonchev–Trinajstić information content (AvgIpc) is 3.20. The van der Waals surface area contributed by atoms with Crippen LogP contribution in [0.4, 0.5) is 0 Å². The molecule has 0 saturated carbocycles. The standard InChI is InChI=1S/C30H38N2O3.2ClH/c1-31-15-12-27(30(31)34)19-26-8-4-5-9-29(26)35-21-28(33)20-32-16-13-23(14-17-32)25-11-10-22-6-2-3-7-24(22)18-25;;/h4-5,8-11,18-19,23,28,33H,2-3,6-7,12-17,20-21H2,1H3;2*1H/t28-;;/m0../s1. The van der Waals surface area contributed by atoms with Gasteiger partial charge in [-0.3, -0.25) is 4.79 Å². The van der Waals surface area contributed by atoms with E-state index in [0.717, 1.165) is 50.0 Å². The first-order chi connectivity index (χ1) is 17.1. The fourth-order valence-electron chi connectivity index (χ4n) is 5.79. The van der Waals surface area contributed by atoms with Crippen molar-refractivity contribution in [3.05, 3.63) is 70.3 Å². The van der Waals surface area contributed by atoms with Crippen molar-refractivity contribution in [1.82, 2.24) is 9.80 Å². The molecule has 7 heteroatoms. The molecule has 1 aliphatic carbocycles. The number of aliphatic hydroxyl groups excluding tert-OH is 1. The summed E-state index contributed by atoms with van der Waals surface area (Å²) >= 11 is 0. The normalized spacial score (nSPS) is 20.2. The summed E-state index contributed by atoms with van der Waals surface area (Å²) in [5.41, 5.74) is 6.34. The number of halogens is 2. The highest BCUT2D eigenvalue weighted by molar-refractivity contribution is 6.00. The number of aryl methyl sites for hydroxylation is 2. The molecule has 5 nitrogen and oxygen atoms in total. The van der Waals surface area contributed by atoms with Crippen molar-refractivity contribution in [3.8, 4) is 5.75 Å². The minimum atomic E-state index is -0.546. The summed E-state index contributed by atoms with van der Waals surface area (Å²) < 4.78 is 6.01. The number of nitrogens with zero attached hydrogens (tertiary/aromatic N) is 2. The number of fused-ring (bicyclic) bond motifs is 1. The lowest BCUT2D eigenvalue weighted by molar-refractivity contribution is -0.123. The van der Waals surface area contributed by atoms with E-state index >= 15 is 0 Å². The molecule has 1 N–H and O–H groups in total. The lowest BCUT2D eigenvalue weighted by atomic mass is 9.84. The average molecular weight is 548 g/mol. The maximum Gasteiger partial charge on any atom is 0.249 e. The summed E-state index contributed by atoms with van der Waals surface area (Å²) in [7, 11) is 1.83. The van der Waals surface area contributed by atoms with Gasteiger partial charge in [-0.05, 0) is 92.8 Å². The van der Waals surface area contributed by atoms with Crippen LogP contribution < -0.4 is 4.74 Å². The van der Waals surface area contributed by atoms with E-state index in [9.17, 15) is 9.90 Å². The Balaban J connectivity index is 0.00000190. The molecule has 1 atom stereocenters. The summed E-state index contributed by atoms with van der Waals surface area (Å²) in [5.74, 6) is 1.43. The van der Waals surface area contributed by atoms with Gasteiger partial charge >= 0.3 is 0 Å². The molecule has 2 aromatic carbocycles. The predicted molar refractivity (Wildman–Crippen MR) is 154 cm³/mol. The number of β-amino-alcohol motifs (C(OH)–C–C–N with tert-alkyl or cyclic N) is 1. The highest BCUT2D eigenvalue weighted by Gasteiger charge is 2.24. The van der Waals surface area contributed by atoms with Crippen molar-refractivity contribution in [3.63, 3.8) is 0 Å². The van der Waals surface area contributed by atoms with Crippen molar-refractivity contribution >= 4 is 36.8 Å². The molecule has 202 valence electrons. The lowest BCUT2D eigenvalue weighted by Crippen LogP contribution is -2.40. The molecule has 0 radical (unpaired) electrons. The molecule has 0 aromatic heterocycles. The molecule has 2 aliphatic heterocycles. The Morgan fingerprint density at radius 2 is 1.73 bits per heavy atom. The topological polar surface area (TPSA) is 53.0 Å². The predicted octanol–water partition coefficient (Wildman–Crippen LogP) is 5.27. The zero-order valence-corrected chi connectivity index (χ0v) is 23.4. The van der Waals surface area contributed by atoms with Crippen LogP contribution in [0.3, 0.4) is 0 Å². The van der Waals surface area contributed by atoms with Gasteiger partial charge in [-0.25, -0.2) is 0 Å². The molecule has 0 spiro atoms. The highest BCUT2D eigenvalue weighted by atomic mass is 35.5. The quantitative estimate of drug-likeness (QED) is 0.480. The zero-order chi connectivity index (χ0) is 24.2. The van der Waals surface area contributed by atoms with Crippen LogP contribution in [0.1, 0.15) is 60.3 Å². The van der Waals surface area contributed by atoms with Gasteiger partial charge in [-0.15, -0.1) is 24.8 Å². The largest absolute Gasteiger partial charge is 0.490 e. The fourth-order valence-corrected chi connectivity index (χ4v) is 5.79. The van der Waals surface area contributed by atoms with Crippen LogP contribution >= 0.6 is 24.8 Å². The number of carbonyl (C=O) groups is 1. The molecular formula is C30H40Cl2N2O3. The Hall–Kier alpha value is -2.05. The monoisotopic (exact) mass is 546 g/mol. The van der Waals surface area contributed by atoms with Crippen molar-refractivity contribution in [2.75, 3.05) is 39.8 Å². The van der Waals surface area contributed by atoms with E-state index in [1.807, 2.05) is 37.4 Å². The SMILES string of the molecule is CN1CCC(=Cc2ccccc2OC[C@@H](O)CN2CCC(c3ccc4c(c3)CCCC4)CC2)C1=O.Cl.Cl. The molecular weight excluding hydrogens is 507 g/mol. The van der Waals surface area contributed by atoms with Gasteiger partial charge in [0.05, 0.1) is 0 Å².